The van der Waals surface area contributed by atoms with Crippen LogP contribution in [0.4, 0.5) is 19.0 Å². The number of anilines is 1. The molecule has 0 saturated carbocycles. The van der Waals surface area contributed by atoms with Crippen LogP contribution in [0.5, 0.6) is 0 Å². The normalized spacial score (nSPS) is 12.0. The SMILES string of the molecule is Cc1nc(NS(=O)(=O)c2cccc(C(F)(F)F)c2)ccc1-c1cccnc1. The van der Waals surface area contributed by atoms with Crippen LogP contribution in [-0.2, 0) is 16.2 Å². The van der Waals surface area contributed by atoms with Crippen molar-refractivity contribution in [1.82, 2.24) is 9.97 Å². The van der Waals surface area contributed by atoms with Gasteiger partial charge in [-0.25, -0.2) is 13.4 Å². The number of benzene rings is 1. The van der Waals surface area contributed by atoms with Crippen molar-refractivity contribution in [3.05, 3.63) is 72.2 Å². The first-order valence-corrected chi connectivity index (χ1v) is 9.23. The Morgan fingerprint density at radius 2 is 1.81 bits per heavy atom. The van der Waals surface area contributed by atoms with Crippen LogP contribution in [-0.4, -0.2) is 18.4 Å². The Morgan fingerprint density at radius 3 is 2.44 bits per heavy atom. The summed E-state index contributed by atoms with van der Waals surface area (Å²) in [6, 6.07) is 10.2. The van der Waals surface area contributed by atoms with Gasteiger partial charge in [0.05, 0.1) is 10.5 Å². The Morgan fingerprint density at radius 1 is 1.04 bits per heavy atom. The van der Waals surface area contributed by atoms with Crippen LogP contribution in [0.2, 0.25) is 0 Å². The molecule has 140 valence electrons. The third kappa shape index (κ3) is 4.25. The number of hydrogen-bond donors (Lipinski definition) is 1. The lowest BCUT2D eigenvalue weighted by molar-refractivity contribution is -0.137. The molecule has 0 aliphatic heterocycles. The summed E-state index contributed by atoms with van der Waals surface area (Å²) in [4.78, 5) is 7.72. The van der Waals surface area contributed by atoms with Crippen LogP contribution in [0.1, 0.15) is 11.3 Å². The van der Waals surface area contributed by atoms with E-state index in [0.717, 1.165) is 29.3 Å². The summed E-state index contributed by atoms with van der Waals surface area (Å²) in [5.74, 6) is 0.0116. The monoisotopic (exact) mass is 393 g/mol. The highest BCUT2D eigenvalue weighted by atomic mass is 32.2. The molecule has 27 heavy (non-hydrogen) atoms. The van der Waals surface area contributed by atoms with Gasteiger partial charge >= 0.3 is 6.18 Å². The second-order valence-electron chi connectivity index (χ2n) is 5.70. The van der Waals surface area contributed by atoms with Crippen LogP contribution in [0.3, 0.4) is 0 Å². The zero-order chi connectivity index (χ0) is 19.7. The van der Waals surface area contributed by atoms with Crippen LogP contribution >= 0.6 is 0 Å². The third-order valence-electron chi connectivity index (χ3n) is 3.77. The van der Waals surface area contributed by atoms with Crippen molar-refractivity contribution < 1.29 is 21.6 Å². The Labute approximate surface area is 154 Å². The molecule has 9 heteroatoms. The predicted octanol–water partition coefficient (Wildman–Crippen LogP) is 4.27. The van der Waals surface area contributed by atoms with Gasteiger partial charge < -0.3 is 0 Å². The Bertz CT molecular complexity index is 1070. The van der Waals surface area contributed by atoms with Gasteiger partial charge in [0.1, 0.15) is 5.82 Å². The molecule has 0 unspecified atom stereocenters. The maximum atomic E-state index is 12.8. The number of nitrogens with one attached hydrogen (secondary N) is 1. The molecule has 0 saturated heterocycles. The second-order valence-corrected chi connectivity index (χ2v) is 7.38. The molecule has 0 aliphatic rings. The largest absolute Gasteiger partial charge is 0.416 e. The van der Waals surface area contributed by atoms with Gasteiger partial charge in [-0.05, 0) is 43.3 Å². The minimum absolute atomic E-state index is 0.0116. The highest BCUT2D eigenvalue weighted by Crippen LogP contribution is 2.31. The topological polar surface area (TPSA) is 72.0 Å². The van der Waals surface area contributed by atoms with E-state index in [1.165, 1.54) is 6.07 Å². The molecule has 2 heterocycles. The van der Waals surface area contributed by atoms with Crippen molar-refractivity contribution in [2.45, 2.75) is 18.0 Å². The Balaban J connectivity index is 1.90. The molecule has 1 aromatic carbocycles. The number of aromatic nitrogens is 2. The van der Waals surface area contributed by atoms with E-state index in [9.17, 15) is 21.6 Å². The van der Waals surface area contributed by atoms with Gasteiger partial charge in [-0.3, -0.25) is 9.71 Å². The quantitative estimate of drug-likeness (QED) is 0.719. The Hall–Kier alpha value is -2.94. The second kappa shape index (κ2) is 6.99. The van der Waals surface area contributed by atoms with Crippen molar-refractivity contribution in [1.29, 1.82) is 0 Å². The van der Waals surface area contributed by atoms with E-state index < -0.39 is 26.7 Å². The van der Waals surface area contributed by atoms with Crippen LogP contribution in [0, 0.1) is 6.92 Å². The van der Waals surface area contributed by atoms with Crippen LogP contribution in [0.15, 0.2) is 65.8 Å². The van der Waals surface area contributed by atoms with Crippen molar-refractivity contribution in [3.8, 4) is 11.1 Å². The first-order valence-electron chi connectivity index (χ1n) is 7.75. The van der Waals surface area contributed by atoms with Crippen molar-refractivity contribution >= 4 is 15.8 Å². The number of pyridine rings is 2. The van der Waals surface area contributed by atoms with E-state index in [1.807, 2.05) is 6.07 Å². The lowest BCUT2D eigenvalue weighted by atomic mass is 10.1. The minimum atomic E-state index is -4.63. The zero-order valence-electron chi connectivity index (χ0n) is 14.0. The molecule has 0 fully saturated rings. The average molecular weight is 393 g/mol. The minimum Gasteiger partial charge on any atom is -0.264 e. The number of sulfonamides is 1. The fourth-order valence-electron chi connectivity index (χ4n) is 2.48. The summed E-state index contributed by atoms with van der Waals surface area (Å²) in [6.45, 7) is 1.70. The number of halogens is 3. The highest BCUT2D eigenvalue weighted by Gasteiger charge is 2.31. The molecule has 0 radical (unpaired) electrons. The van der Waals surface area contributed by atoms with E-state index in [-0.39, 0.29) is 5.82 Å². The number of aryl methyl sites for hydroxylation is 1. The lowest BCUT2D eigenvalue weighted by Crippen LogP contribution is -2.15. The molecule has 0 amide bonds. The number of alkyl halides is 3. The van der Waals surface area contributed by atoms with E-state index in [1.54, 1.807) is 31.5 Å². The van der Waals surface area contributed by atoms with E-state index in [2.05, 4.69) is 14.7 Å². The number of hydrogen-bond acceptors (Lipinski definition) is 4. The molecule has 3 rings (SSSR count). The molecule has 0 bridgehead atoms. The van der Waals surface area contributed by atoms with Gasteiger partial charge in [-0.2, -0.15) is 13.2 Å². The zero-order valence-corrected chi connectivity index (χ0v) is 14.8. The van der Waals surface area contributed by atoms with Gasteiger partial charge in [0.15, 0.2) is 0 Å². The van der Waals surface area contributed by atoms with Crippen molar-refractivity contribution in [3.63, 3.8) is 0 Å². The van der Waals surface area contributed by atoms with Crippen molar-refractivity contribution in [2.24, 2.45) is 0 Å². The summed E-state index contributed by atoms with van der Waals surface area (Å²) in [5.41, 5.74) is 1.09. The molecular weight excluding hydrogens is 379 g/mol. The molecular formula is C18H14F3N3O2S. The first kappa shape index (κ1) is 18.8. The maximum Gasteiger partial charge on any atom is 0.416 e. The Kier molecular flexibility index (Phi) is 4.88. The number of rotatable bonds is 4. The van der Waals surface area contributed by atoms with Gasteiger partial charge in [0, 0.05) is 29.2 Å². The maximum absolute atomic E-state index is 12.8. The highest BCUT2D eigenvalue weighted by molar-refractivity contribution is 7.92. The predicted molar refractivity (Wildman–Crippen MR) is 94.5 cm³/mol. The fourth-order valence-corrected chi connectivity index (χ4v) is 3.53. The summed E-state index contributed by atoms with van der Waals surface area (Å²) in [5, 5.41) is 0. The number of nitrogens with zero attached hydrogens (tertiary/aromatic N) is 2. The molecule has 2 aromatic heterocycles. The van der Waals surface area contributed by atoms with Gasteiger partial charge in [0.25, 0.3) is 10.0 Å². The van der Waals surface area contributed by atoms with Gasteiger partial charge in [-0.1, -0.05) is 12.1 Å². The molecule has 0 atom stereocenters. The fraction of sp³-hybridized carbons (Fsp3) is 0.111. The summed E-state index contributed by atoms with van der Waals surface area (Å²) >= 11 is 0. The molecule has 3 aromatic rings. The van der Waals surface area contributed by atoms with Crippen LogP contribution < -0.4 is 4.72 Å². The van der Waals surface area contributed by atoms with Crippen molar-refractivity contribution in [2.75, 3.05) is 4.72 Å². The molecule has 5 nitrogen and oxygen atoms in total. The summed E-state index contributed by atoms with van der Waals surface area (Å²) in [7, 11) is -4.22. The lowest BCUT2D eigenvalue weighted by Gasteiger charge is -2.12. The summed E-state index contributed by atoms with van der Waals surface area (Å²) < 4.78 is 65.5. The van der Waals surface area contributed by atoms with Crippen LogP contribution in [0.25, 0.3) is 11.1 Å². The van der Waals surface area contributed by atoms with Gasteiger partial charge in [-0.15, -0.1) is 0 Å². The third-order valence-corrected chi connectivity index (χ3v) is 5.12. The van der Waals surface area contributed by atoms with E-state index in [4.69, 9.17) is 0 Å². The first-order chi connectivity index (χ1) is 12.7. The standard InChI is InChI=1S/C18H14F3N3O2S/c1-12-16(13-4-3-9-22-11-13)7-8-17(23-12)24-27(25,26)15-6-2-5-14(10-15)18(19,20)21/h2-11H,1H3,(H,23,24). The molecule has 0 aliphatic carbocycles. The smallest absolute Gasteiger partial charge is 0.264 e. The van der Waals surface area contributed by atoms with E-state index >= 15 is 0 Å². The van der Waals surface area contributed by atoms with Gasteiger partial charge in [0.2, 0.25) is 0 Å². The average Bonchev–Trinajstić information content (AvgIpc) is 2.62. The summed E-state index contributed by atoms with van der Waals surface area (Å²) in [6.07, 6.45) is -1.36. The van der Waals surface area contributed by atoms with E-state index in [0.29, 0.717) is 11.8 Å². The molecule has 1 N–H and O–H groups in total. The molecule has 0 spiro atoms.